The Balaban J connectivity index is 1.66. The van der Waals surface area contributed by atoms with Crippen molar-refractivity contribution in [1.82, 2.24) is 10.6 Å². The maximum atomic E-state index is 10.3. The Morgan fingerprint density at radius 3 is 2.33 bits per heavy atom. The fourth-order valence-electron chi connectivity index (χ4n) is 2.84. The van der Waals surface area contributed by atoms with Crippen LogP contribution in [0.5, 0.6) is 17.2 Å². The van der Waals surface area contributed by atoms with Crippen LogP contribution in [-0.4, -0.2) is 43.6 Å². The number of nitrogens with one attached hydrogen (secondary N) is 2. The van der Waals surface area contributed by atoms with Crippen molar-refractivity contribution in [3.63, 3.8) is 0 Å². The Morgan fingerprint density at radius 2 is 1.67 bits per heavy atom. The minimum atomic E-state index is -0.606. The number of aliphatic hydroxyl groups excluding tert-OH is 1. The van der Waals surface area contributed by atoms with Crippen LogP contribution in [0.2, 0.25) is 0 Å². The van der Waals surface area contributed by atoms with Crippen molar-refractivity contribution in [3.8, 4) is 17.2 Å². The third kappa shape index (κ3) is 6.43. The molecular formula is C21H30N2O4. The van der Waals surface area contributed by atoms with Crippen molar-refractivity contribution in [2.45, 2.75) is 32.0 Å². The van der Waals surface area contributed by atoms with Gasteiger partial charge in [0.1, 0.15) is 5.75 Å². The van der Waals surface area contributed by atoms with Gasteiger partial charge in [0.25, 0.3) is 0 Å². The Hall–Kier alpha value is -2.28. The van der Waals surface area contributed by atoms with E-state index < -0.39 is 6.10 Å². The molecule has 0 aromatic heterocycles. The summed E-state index contributed by atoms with van der Waals surface area (Å²) in [5, 5.41) is 26.4. The van der Waals surface area contributed by atoms with Gasteiger partial charge in [0.2, 0.25) is 0 Å². The van der Waals surface area contributed by atoms with Gasteiger partial charge in [-0.2, -0.15) is 0 Å². The highest BCUT2D eigenvalue weighted by Gasteiger charge is 2.15. The van der Waals surface area contributed by atoms with Gasteiger partial charge in [0.15, 0.2) is 11.5 Å². The van der Waals surface area contributed by atoms with Gasteiger partial charge in [-0.1, -0.05) is 18.2 Å². The van der Waals surface area contributed by atoms with E-state index in [1.54, 1.807) is 38.5 Å². The van der Waals surface area contributed by atoms with Gasteiger partial charge in [-0.3, -0.25) is 0 Å². The molecule has 0 aliphatic heterocycles. The molecule has 0 saturated heterocycles. The lowest BCUT2D eigenvalue weighted by Crippen LogP contribution is -2.34. The van der Waals surface area contributed by atoms with Crippen molar-refractivity contribution < 1.29 is 19.7 Å². The van der Waals surface area contributed by atoms with E-state index >= 15 is 0 Å². The average molecular weight is 374 g/mol. The van der Waals surface area contributed by atoms with Gasteiger partial charge in [-0.05, 0) is 61.8 Å². The molecule has 2 unspecified atom stereocenters. The number of rotatable bonds is 11. The maximum Gasteiger partial charge on any atom is 0.161 e. The molecule has 0 radical (unpaired) electrons. The molecule has 0 heterocycles. The summed E-state index contributed by atoms with van der Waals surface area (Å²) in [6.45, 7) is 4.37. The zero-order chi connectivity index (χ0) is 19.6. The number of ether oxygens (including phenoxy) is 2. The number of hydrogen-bond acceptors (Lipinski definition) is 6. The van der Waals surface area contributed by atoms with E-state index in [1.807, 2.05) is 25.1 Å². The van der Waals surface area contributed by atoms with Gasteiger partial charge >= 0.3 is 0 Å². The number of aliphatic hydroxyl groups is 1. The van der Waals surface area contributed by atoms with Crippen LogP contribution in [0.25, 0.3) is 0 Å². The summed E-state index contributed by atoms with van der Waals surface area (Å²) >= 11 is 0. The fraction of sp³-hybridized carbons (Fsp3) is 0.429. The van der Waals surface area contributed by atoms with Gasteiger partial charge in [0.05, 0.1) is 20.3 Å². The molecule has 0 fully saturated rings. The molecule has 27 heavy (non-hydrogen) atoms. The van der Waals surface area contributed by atoms with Crippen LogP contribution >= 0.6 is 0 Å². The molecule has 0 aliphatic rings. The van der Waals surface area contributed by atoms with Crippen LogP contribution in [0.1, 0.15) is 30.6 Å². The predicted molar refractivity (Wildman–Crippen MR) is 106 cm³/mol. The Morgan fingerprint density at radius 1 is 0.963 bits per heavy atom. The molecule has 0 amide bonds. The van der Waals surface area contributed by atoms with Crippen molar-refractivity contribution >= 4 is 0 Å². The lowest BCUT2D eigenvalue weighted by atomic mass is 10.0. The number of hydrogen-bond donors (Lipinski definition) is 4. The van der Waals surface area contributed by atoms with Crippen LogP contribution in [0, 0.1) is 0 Å². The normalized spacial score (nSPS) is 13.2. The predicted octanol–water partition coefficient (Wildman–Crippen LogP) is 2.60. The van der Waals surface area contributed by atoms with Crippen molar-refractivity contribution in [2.75, 3.05) is 27.3 Å². The number of aromatic hydroxyl groups is 1. The first-order chi connectivity index (χ1) is 13.0. The minimum absolute atomic E-state index is 0.0691. The van der Waals surface area contributed by atoms with Crippen LogP contribution < -0.4 is 20.1 Å². The van der Waals surface area contributed by atoms with Crippen LogP contribution in [0.3, 0.4) is 0 Å². The number of methoxy groups -OCH3 is 2. The first-order valence-electron chi connectivity index (χ1n) is 9.17. The fourth-order valence-corrected chi connectivity index (χ4v) is 2.84. The molecule has 6 nitrogen and oxygen atoms in total. The molecule has 0 aliphatic carbocycles. The summed E-state index contributed by atoms with van der Waals surface area (Å²) in [6, 6.07) is 12.5. The van der Waals surface area contributed by atoms with Crippen LogP contribution in [-0.2, 0) is 6.54 Å². The first-order valence-corrected chi connectivity index (χ1v) is 9.17. The van der Waals surface area contributed by atoms with E-state index in [4.69, 9.17) is 9.47 Å². The molecule has 0 spiro atoms. The third-order valence-electron chi connectivity index (χ3n) is 4.48. The molecule has 6 heteroatoms. The molecule has 4 N–H and O–H groups in total. The number of phenols is 1. The molecule has 2 atom stereocenters. The zero-order valence-electron chi connectivity index (χ0n) is 16.2. The van der Waals surface area contributed by atoms with E-state index in [0.717, 1.165) is 48.7 Å². The molecule has 0 bridgehead atoms. The second-order valence-corrected chi connectivity index (χ2v) is 6.50. The molecule has 2 rings (SSSR count). The topological polar surface area (TPSA) is 83.0 Å². The largest absolute Gasteiger partial charge is 0.508 e. The Labute approximate surface area is 161 Å². The highest BCUT2D eigenvalue weighted by atomic mass is 16.5. The van der Waals surface area contributed by atoms with Gasteiger partial charge < -0.3 is 30.3 Å². The van der Waals surface area contributed by atoms with Crippen LogP contribution in [0.15, 0.2) is 42.5 Å². The summed E-state index contributed by atoms with van der Waals surface area (Å²) in [7, 11) is 3.26. The highest BCUT2D eigenvalue weighted by Crippen LogP contribution is 2.27. The summed E-state index contributed by atoms with van der Waals surface area (Å²) in [5.41, 5.74) is 1.93. The Bertz CT molecular complexity index is 691. The summed E-state index contributed by atoms with van der Waals surface area (Å²) in [4.78, 5) is 0. The monoisotopic (exact) mass is 374 g/mol. The van der Waals surface area contributed by atoms with E-state index in [9.17, 15) is 10.2 Å². The summed E-state index contributed by atoms with van der Waals surface area (Å²) in [6.07, 6.45) is 0.338. The quantitative estimate of drug-likeness (QED) is 0.453. The molecule has 2 aromatic rings. The maximum absolute atomic E-state index is 10.3. The van der Waals surface area contributed by atoms with E-state index in [2.05, 4.69) is 10.6 Å². The third-order valence-corrected chi connectivity index (χ3v) is 4.48. The van der Waals surface area contributed by atoms with Crippen molar-refractivity contribution in [3.05, 3.63) is 53.6 Å². The number of benzene rings is 2. The summed E-state index contributed by atoms with van der Waals surface area (Å²) in [5.74, 6) is 1.66. The van der Waals surface area contributed by atoms with Gasteiger partial charge in [0, 0.05) is 12.6 Å². The zero-order valence-corrected chi connectivity index (χ0v) is 16.2. The SMILES string of the molecule is COc1ccc(CNCCCNC(C)C(O)c2ccc(O)cc2)cc1OC. The second kappa shape index (κ2) is 10.8. The highest BCUT2D eigenvalue weighted by molar-refractivity contribution is 5.42. The second-order valence-electron chi connectivity index (χ2n) is 6.50. The Kier molecular flexibility index (Phi) is 8.39. The first kappa shape index (κ1) is 21.0. The van der Waals surface area contributed by atoms with E-state index in [1.165, 1.54) is 0 Å². The van der Waals surface area contributed by atoms with E-state index in [0.29, 0.717) is 0 Å². The minimum Gasteiger partial charge on any atom is -0.508 e. The lowest BCUT2D eigenvalue weighted by molar-refractivity contribution is 0.136. The molecule has 148 valence electrons. The van der Waals surface area contributed by atoms with Crippen molar-refractivity contribution in [2.24, 2.45) is 0 Å². The van der Waals surface area contributed by atoms with Gasteiger partial charge in [-0.15, -0.1) is 0 Å². The average Bonchev–Trinajstić information content (AvgIpc) is 2.70. The molecule has 0 saturated carbocycles. The summed E-state index contributed by atoms with van der Waals surface area (Å²) < 4.78 is 10.6. The molecular weight excluding hydrogens is 344 g/mol. The van der Waals surface area contributed by atoms with Gasteiger partial charge in [-0.25, -0.2) is 0 Å². The number of phenolic OH excluding ortho intramolecular Hbond substituents is 1. The van der Waals surface area contributed by atoms with Crippen LogP contribution in [0.4, 0.5) is 0 Å². The lowest BCUT2D eigenvalue weighted by Gasteiger charge is -2.21. The smallest absolute Gasteiger partial charge is 0.161 e. The molecule has 2 aromatic carbocycles. The van der Waals surface area contributed by atoms with Crippen molar-refractivity contribution in [1.29, 1.82) is 0 Å². The van der Waals surface area contributed by atoms with E-state index in [-0.39, 0.29) is 11.8 Å². The standard InChI is InChI=1S/C21H30N2O4/c1-15(21(25)17-6-8-18(24)9-7-17)23-12-4-11-22-14-16-5-10-19(26-2)20(13-16)27-3/h5-10,13,15,21-25H,4,11-12,14H2,1-3H3.